The molecule has 9 heteroatoms. The summed E-state index contributed by atoms with van der Waals surface area (Å²) in [5.41, 5.74) is 4.00. The summed E-state index contributed by atoms with van der Waals surface area (Å²) in [6.07, 6.45) is -2.67. The minimum atomic E-state index is -4.51. The monoisotopic (exact) mass is 519 g/mol. The maximum Gasteiger partial charge on any atom is 0.506 e. The van der Waals surface area contributed by atoms with Gasteiger partial charge in [0.15, 0.2) is 0 Å². The molecule has 2 aromatic rings. The van der Waals surface area contributed by atoms with Crippen LogP contribution >= 0.6 is 0 Å². The smallest absolute Gasteiger partial charge is 0.494 e. The summed E-state index contributed by atoms with van der Waals surface area (Å²) in [5.74, 6) is 0.738. The Balaban J connectivity index is 1.40. The Morgan fingerprint density at radius 1 is 1.08 bits per heavy atom. The van der Waals surface area contributed by atoms with Crippen LogP contribution in [-0.2, 0) is 23.9 Å². The second-order valence-electron chi connectivity index (χ2n) is 9.55. The molecule has 37 heavy (non-hydrogen) atoms. The number of halogens is 3. The summed E-state index contributed by atoms with van der Waals surface area (Å²) in [4.78, 5) is 12.8. The van der Waals surface area contributed by atoms with E-state index < -0.39 is 17.9 Å². The fraction of sp³-hybridized carbons (Fsp3) is 0.464. The van der Waals surface area contributed by atoms with Gasteiger partial charge in [-0.3, -0.25) is 4.90 Å². The number of aryl methyl sites for hydroxylation is 1. The van der Waals surface area contributed by atoms with Gasteiger partial charge in [0.2, 0.25) is 0 Å². The molecule has 1 fully saturated rings. The van der Waals surface area contributed by atoms with Crippen LogP contribution in [0.25, 0.3) is 5.57 Å². The number of hydrogen-bond donors (Lipinski definition) is 1. The van der Waals surface area contributed by atoms with Crippen LogP contribution in [-0.4, -0.2) is 48.5 Å². The Bertz CT molecular complexity index is 1150. The molecule has 1 aliphatic heterocycles. The number of nitrogens with zero attached hydrogens (tertiary/aromatic N) is 1. The van der Waals surface area contributed by atoms with Crippen molar-refractivity contribution < 1.29 is 37.3 Å². The zero-order valence-electron chi connectivity index (χ0n) is 21.1. The van der Waals surface area contributed by atoms with Gasteiger partial charge in [-0.2, -0.15) is 13.2 Å². The highest BCUT2D eigenvalue weighted by Gasteiger charge is 2.34. The highest BCUT2D eigenvalue weighted by molar-refractivity contribution is 5.72. The first-order valence-electron chi connectivity index (χ1n) is 12.5. The summed E-state index contributed by atoms with van der Waals surface area (Å²) in [5, 5.41) is 8.71. The van der Waals surface area contributed by atoms with Gasteiger partial charge >= 0.3 is 12.3 Å². The second kappa shape index (κ2) is 11.5. The molecule has 200 valence electrons. The molecule has 0 amide bonds. The minimum absolute atomic E-state index is 0.0613. The van der Waals surface area contributed by atoms with Crippen molar-refractivity contribution in [3.63, 3.8) is 0 Å². The standard InChI is InChI=1S/C28H32F3NO5/c1-3-4-11-35-23-8-7-21(26(13-23)28(29,30)31)17-36-22-9-10-25-18(2)20(6-5-19(25)12-22)14-32-15-24(16-32)37-27(33)34/h7-10,12-13,24H,3-6,11,14-17H2,1-2H3,(H,33,34). The first-order valence-corrected chi connectivity index (χ1v) is 12.5. The van der Waals surface area contributed by atoms with Crippen molar-refractivity contribution in [2.24, 2.45) is 0 Å². The highest BCUT2D eigenvalue weighted by Crippen LogP contribution is 2.37. The summed E-state index contributed by atoms with van der Waals surface area (Å²) >= 11 is 0. The van der Waals surface area contributed by atoms with E-state index in [1.54, 1.807) is 12.1 Å². The molecule has 1 saturated heterocycles. The van der Waals surface area contributed by atoms with E-state index in [2.05, 4.69) is 11.8 Å². The van der Waals surface area contributed by atoms with Crippen molar-refractivity contribution in [1.29, 1.82) is 0 Å². The first-order chi connectivity index (χ1) is 17.6. The number of carbonyl (C=O) groups is 1. The van der Waals surface area contributed by atoms with Crippen LogP contribution in [0.3, 0.4) is 0 Å². The molecule has 4 rings (SSSR count). The van der Waals surface area contributed by atoms with Gasteiger partial charge in [0.1, 0.15) is 24.2 Å². The molecular weight excluding hydrogens is 487 g/mol. The minimum Gasteiger partial charge on any atom is -0.494 e. The molecule has 0 radical (unpaired) electrons. The third kappa shape index (κ3) is 6.77. The first kappa shape index (κ1) is 26.9. The fourth-order valence-electron chi connectivity index (χ4n) is 4.76. The Morgan fingerprint density at radius 3 is 2.51 bits per heavy atom. The van der Waals surface area contributed by atoms with Crippen molar-refractivity contribution in [2.75, 3.05) is 26.2 Å². The number of ether oxygens (including phenoxy) is 3. The molecule has 6 nitrogen and oxygen atoms in total. The maximum atomic E-state index is 13.7. The zero-order valence-corrected chi connectivity index (χ0v) is 21.1. The number of rotatable bonds is 10. The predicted molar refractivity (Wildman–Crippen MR) is 133 cm³/mol. The lowest BCUT2D eigenvalue weighted by Gasteiger charge is -2.39. The summed E-state index contributed by atoms with van der Waals surface area (Å²) in [7, 11) is 0. The van der Waals surface area contributed by atoms with Gasteiger partial charge in [-0.15, -0.1) is 0 Å². The fourth-order valence-corrected chi connectivity index (χ4v) is 4.76. The number of unbranched alkanes of at least 4 members (excludes halogenated alkanes) is 1. The Kier molecular flexibility index (Phi) is 8.32. The van der Waals surface area contributed by atoms with Crippen molar-refractivity contribution in [3.05, 3.63) is 64.2 Å². The molecule has 0 unspecified atom stereocenters. The van der Waals surface area contributed by atoms with Gasteiger partial charge in [-0.25, -0.2) is 4.79 Å². The lowest BCUT2D eigenvalue weighted by molar-refractivity contribution is -0.138. The third-order valence-electron chi connectivity index (χ3n) is 6.86. The van der Waals surface area contributed by atoms with Gasteiger partial charge < -0.3 is 19.3 Å². The molecule has 0 saturated carbocycles. The SMILES string of the molecule is CCCCOc1ccc(COc2ccc3c(c2)CCC(CN2CC(OC(=O)O)C2)=C3C)c(C(F)(F)F)c1. The number of allylic oxidation sites excluding steroid dienone is 1. The van der Waals surface area contributed by atoms with Crippen LogP contribution in [0.4, 0.5) is 18.0 Å². The van der Waals surface area contributed by atoms with Crippen molar-refractivity contribution in [1.82, 2.24) is 4.90 Å². The third-order valence-corrected chi connectivity index (χ3v) is 6.86. The lowest BCUT2D eigenvalue weighted by atomic mass is 9.85. The molecule has 0 atom stereocenters. The van der Waals surface area contributed by atoms with E-state index in [1.165, 1.54) is 17.2 Å². The second-order valence-corrected chi connectivity index (χ2v) is 9.55. The Hall–Kier alpha value is -3.20. The number of alkyl halides is 3. The van der Waals surface area contributed by atoms with E-state index >= 15 is 0 Å². The largest absolute Gasteiger partial charge is 0.506 e. The lowest BCUT2D eigenvalue weighted by Crippen LogP contribution is -2.53. The molecule has 2 aliphatic rings. The summed E-state index contributed by atoms with van der Waals surface area (Å²) in [6.45, 7) is 6.19. The van der Waals surface area contributed by atoms with Crippen LogP contribution in [0, 0.1) is 0 Å². The Morgan fingerprint density at radius 2 is 1.81 bits per heavy atom. The van der Waals surface area contributed by atoms with E-state index in [0.29, 0.717) is 25.4 Å². The average Bonchev–Trinajstić information content (AvgIpc) is 2.82. The van der Waals surface area contributed by atoms with Gasteiger partial charge in [-0.05, 0) is 67.2 Å². The van der Waals surface area contributed by atoms with E-state index in [4.69, 9.17) is 19.3 Å². The molecule has 0 aromatic heterocycles. The van der Waals surface area contributed by atoms with Gasteiger partial charge in [0, 0.05) is 25.2 Å². The number of likely N-dealkylation sites (tertiary alicyclic amines) is 1. The molecule has 2 aromatic carbocycles. The molecule has 1 heterocycles. The van der Waals surface area contributed by atoms with Crippen LogP contribution in [0.5, 0.6) is 11.5 Å². The normalized spacial score (nSPS) is 16.2. The van der Waals surface area contributed by atoms with Crippen molar-refractivity contribution in [2.45, 2.75) is 58.4 Å². The van der Waals surface area contributed by atoms with Crippen LogP contribution in [0.15, 0.2) is 42.0 Å². The maximum absolute atomic E-state index is 13.7. The Labute approximate surface area is 214 Å². The average molecular weight is 520 g/mol. The van der Waals surface area contributed by atoms with E-state index in [0.717, 1.165) is 49.4 Å². The highest BCUT2D eigenvalue weighted by atomic mass is 19.4. The van der Waals surface area contributed by atoms with Crippen molar-refractivity contribution >= 4 is 11.7 Å². The summed E-state index contributed by atoms with van der Waals surface area (Å²) in [6, 6.07) is 9.68. The number of carboxylic acid groups (broad SMARTS) is 1. The number of hydrogen-bond acceptors (Lipinski definition) is 5. The number of fused-ring (bicyclic) bond motifs is 1. The number of benzene rings is 2. The van der Waals surface area contributed by atoms with Crippen LogP contribution in [0.2, 0.25) is 0 Å². The quantitative estimate of drug-likeness (QED) is 0.283. The van der Waals surface area contributed by atoms with Crippen LogP contribution < -0.4 is 9.47 Å². The molecule has 0 bridgehead atoms. The van der Waals surface area contributed by atoms with E-state index in [-0.39, 0.29) is 24.0 Å². The molecule has 1 N–H and O–H groups in total. The predicted octanol–water partition coefficient (Wildman–Crippen LogP) is 6.56. The van der Waals surface area contributed by atoms with Gasteiger partial charge in [0.25, 0.3) is 0 Å². The molecule has 0 spiro atoms. The molecule has 1 aliphatic carbocycles. The molecular formula is C28H32F3NO5. The van der Waals surface area contributed by atoms with Gasteiger partial charge in [0.05, 0.1) is 12.2 Å². The van der Waals surface area contributed by atoms with Crippen molar-refractivity contribution in [3.8, 4) is 11.5 Å². The van der Waals surface area contributed by atoms with Gasteiger partial charge in [-0.1, -0.05) is 31.1 Å². The van der Waals surface area contributed by atoms with E-state index in [9.17, 15) is 18.0 Å². The summed E-state index contributed by atoms with van der Waals surface area (Å²) < 4.78 is 57.1. The zero-order chi connectivity index (χ0) is 26.6. The van der Waals surface area contributed by atoms with E-state index in [1.807, 2.05) is 19.1 Å². The topological polar surface area (TPSA) is 68.2 Å². The van der Waals surface area contributed by atoms with Crippen LogP contribution in [0.1, 0.15) is 55.4 Å².